The molecule has 0 saturated carbocycles. The van der Waals surface area contributed by atoms with Crippen LogP contribution in [0.15, 0.2) is 11.6 Å². The Balaban J connectivity index is 2.59. The lowest BCUT2D eigenvalue weighted by atomic mass is 9.87. The van der Waals surface area contributed by atoms with Gasteiger partial charge in [0.25, 0.3) is 0 Å². The van der Waals surface area contributed by atoms with Crippen LogP contribution in [0.5, 0.6) is 0 Å². The molecule has 0 aromatic heterocycles. The fourth-order valence-corrected chi connectivity index (χ4v) is 1.58. The Labute approximate surface area is 68.5 Å². The van der Waals surface area contributed by atoms with Gasteiger partial charge < -0.3 is 0 Å². The summed E-state index contributed by atoms with van der Waals surface area (Å²) >= 11 is 0. The van der Waals surface area contributed by atoms with Crippen LogP contribution >= 0.6 is 0 Å². The Bertz CT molecular complexity index is 179. The molecule has 1 rings (SSSR count). The lowest BCUT2D eigenvalue weighted by Gasteiger charge is -2.17. The highest BCUT2D eigenvalue weighted by Gasteiger charge is 2.18. The number of allylic oxidation sites excluding steroid dienone is 2. The number of hydrogen-bond donors (Lipinski definition) is 0. The Morgan fingerprint density at radius 1 is 1.55 bits per heavy atom. The van der Waals surface area contributed by atoms with Gasteiger partial charge in [0.2, 0.25) is 0 Å². The smallest absolute Gasteiger partial charge is 0.140 e. The van der Waals surface area contributed by atoms with Gasteiger partial charge in [0.1, 0.15) is 5.78 Å². The first kappa shape index (κ1) is 8.51. The number of ketones is 1. The molecule has 1 unspecified atom stereocenters. The molecule has 0 aliphatic heterocycles. The molecule has 0 aromatic carbocycles. The standard InChI is InChI=1S/C10H16O/c1-3-4-9-7-8(2)5-6-10(9)11/h7,9H,3-6H2,1-2H3. The van der Waals surface area contributed by atoms with Crippen molar-refractivity contribution in [1.82, 2.24) is 0 Å². The van der Waals surface area contributed by atoms with Crippen LogP contribution in [0.4, 0.5) is 0 Å². The minimum Gasteiger partial charge on any atom is -0.299 e. The van der Waals surface area contributed by atoms with Crippen molar-refractivity contribution in [3.05, 3.63) is 11.6 Å². The van der Waals surface area contributed by atoms with Crippen LogP contribution in [-0.2, 0) is 4.79 Å². The Morgan fingerprint density at radius 2 is 2.27 bits per heavy atom. The fraction of sp³-hybridized carbons (Fsp3) is 0.700. The summed E-state index contributed by atoms with van der Waals surface area (Å²) in [4.78, 5) is 11.3. The molecule has 0 fully saturated rings. The molecule has 1 aliphatic carbocycles. The maximum Gasteiger partial charge on any atom is 0.140 e. The molecule has 1 aliphatic rings. The topological polar surface area (TPSA) is 17.1 Å². The van der Waals surface area contributed by atoms with Crippen molar-refractivity contribution in [3.63, 3.8) is 0 Å². The molecule has 1 nitrogen and oxygen atoms in total. The van der Waals surface area contributed by atoms with E-state index in [-0.39, 0.29) is 5.92 Å². The molecule has 0 spiro atoms. The zero-order valence-corrected chi connectivity index (χ0v) is 7.39. The third-order valence-electron chi connectivity index (χ3n) is 2.26. The maximum atomic E-state index is 11.3. The Hall–Kier alpha value is -0.590. The molecular weight excluding hydrogens is 136 g/mol. The van der Waals surface area contributed by atoms with E-state index in [2.05, 4.69) is 19.9 Å². The maximum absolute atomic E-state index is 11.3. The summed E-state index contributed by atoms with van der Waals surface area (Å²) in [5.41, 5.74) is 1.39. The van der Waals surface area contributed by atoms with Crippen LogP contribution in [0.3, 0.4) is 0 Å². The first-order valence-electron chi connectivity index (χ1n) is 4.44. The van der Waals surface area contributed by atoms with Gasteiger partial charge >= 0.3 is 0 Å². The van der Waals surface area contributed by atoms with Crippen LogP contribution in [0.1, 0.15) is 39.5 Å². The largest absolute Gasteiger partial charge is 0.299 e. The molecule has 0 heterocycles. The highest BCUT2D eigenvalue weighted by atomic mass is 16.1. The van der Waals surface area contributed by atoms with Gasteiger partial charge in [-0.05, 0) is 19.8 Å². The van der Waals surface area contributed by atoms with E-state index in [0.717, 1.165) is 25.7 Å². The van der Waals surface area contributed by atoms with Crippen molar-refractivity contribution >= 4 is 5.78 Å². The van der Waals surface area contributed by atoms with Crippen molar-refractivity contribution in [1.29, 1.82) is 0 Å². The third-order valence-corrected chi connectivity index (χ3v) is 2.26. The summed E-state index contributed by atoms with van der Waals surface area (Å²) in [5, 5.41) is 0. The molecule has 62 valence electrons. The van der Waals surface area contributed by atoms with Crippen molar-refractivity contribution < 1.29 is 4.79 Å². The zero-order chi connectivity index (χ0) is 8.27. The first-order chi connectivity index (χ1) is 5.24. The van der Waals surface area contributed by atoms with Crippen molar-refractivity contribution in [2.45, 2.75) is 39.5 Å². The Morgan fingerprint density at radius 3 is 2.91 bits per heavy atom. The van der Waals surface area contributed by atoms with E-state index in [1.807, 2.05) is 0 Å². The van der Waals surface area contributed by atoms with Crippen molar-refractivity contribution in [2.24, 2.45) is 5.92 Å². The van der Waals surface area contributed by atoms with E-state index in [0.29, 0.717) is 5.78 Å². The van der Waals surface area contributed by atoms with Gasteiger partial charge in [-0.15, -0.1) is 0 Å². The minimum absolute atomic E-state index is 0.244. The molecule has 1 heteroatoms. The molecule has 0 aromatic rings. The van der Waals surface area contributed by atoms with Crippen LogP contribution in [-0.4, -0.2) is 5.78 Å². The van der Waals surface area contributed by atoms with E-state index in [9.17, 15) is 4.79 Å². The summed E-state index contributed by atoms with van der Waals surface area (Å²) in [7, 11) is 0. The molecule has 0 amide bonds. The lowest BCUT2D eigenvalue weighted by molar-refractivity contribution is -0.122. The summed E-state index contributed by atoms with van der Waals surface area (Å²) in [5.74, 6) is 0.686. The fourth-order valence-electron chi connectivity index (χ4n) is 1.58. The molecule has 0 N–H and O–H groups in total. The first-order valence-corrected chi connectivity index (χ1v) is 4.44. The van der Waals surface area contributed by atoms with Crippen molar-refractivity contribution in [3.8, 4) is 0 Å². The predicted molar refractivity (Wildman–Crippen MR) is 46.4 cm³/mol. The van der Waals surface area contributed by atoms with Gasteiger partial charge in [-0.2, -0.15) is 0 Å². The van der Waals surface area contributed by atoms with E-state index in [1.54, 1.807) is 0 Å². The van der Waals surface area contributed by atoms with Crippen LogP contribution in [0.25, 0.3) is 0 Å². The van der Waals surface area contributed by atoms with E-state index in [1.165, 1.54) is 5.57 Å². The highest BCUT2D eigenvalue weighted by Crippen LogP contribution is 2.22. The highest BCUT2D eigenvalue weighted by molar-refractivity contribution is 5.84. The number of rotatable bonds is 2. The number of carbonyl (C=O) groups is 1. The zero-order valence-electron chi connectivity index (χ0n) is 7.39. The van der Waals surface area contributed by atoms with Crippen LogP contribution < -0.4 is 0 Å². The number of hydrogen-bond acceptors (Lipinski definition) is 1. The lowest BCUT2D eigenvalue weighted by Crippen LogP contribution is -2.16. The van der Waals surface area contributed by atoms with Gasteiger partial charge in [0, 0.05) is 12.3 Å². The minimum atomic E-state index is 0.244. The van der Waals surface area contributed by atoms with E-state index < -0.39 is 0 Å². The summed E-state index contributed by atoms with van der Waals surface area (Å²) in [6.45, 7) is 4.25. The molecule has 11 heavy (non-hydrogen) atoms. The second-order valence-corrected chi connectivity index (χ2v) is 3.37. The van der Waals surface area contributed by atoms with Crippen molar-refractivity contribution in [2.75, 3.05) is 0 Å². The molecule has 1 atom stereocenters. The summed E-state index contributed by atoms with van der Waals surface area (Å²) in [6, 6.07) is 0. The summed E-state index contributed by atoms with van der Waals surface area (Å²) in [6.07, 6.45) is 6.05. The molecule has 0 bridgehead atoms. The van der Waals surface area contributed by atoms with Crippen LogP contribution in [0.2, 0.25) is 0 Å². The third kappa shape index (κ3) is 2.18. The molecular formula is C10H16O. The average molecular weight is 152 g/mol. The second kappa shape index (κ2) is 3.70. The van der Waals surface area contributed by atoms with Gasteiger partial charge in [-0.1, -0.05) is 25.0 Å². The average Bonchev–Trinajstić information content (AvgIpc) is 1.98. The SMILES string of the molecule is CCCC1C=C(C)CCC1=O. The van der Waals surface area contributed by atoms with Crippen LogP contribution in [0, 0.1) is 5.92 Å². The van der Waals surface area contributed by atoms with Gasteiger partial charge in [0.15, 0.2) is 0 Å². The van der Waals surface area contributed by atoms with Gasteiger partial charge in [0.05, 0.1) is 0 Å². The number of Topliss-reactive ketones (excluding diaryl/α,β-unsaturated/α-hetero) is 1. The van der Waals surface area contributed by atoms with Gasteiger partial charge in [-0.25, -0.2) is 0 Å². The predicted octanol–water partition coefficient (Wildman–Crippen LogP) is 2.71. The number of carbonyl (C=O) groups excluding carboxylic acids is 1. The van der Waals surface area contributed by atoms with E-state index in [4.69, 9.17) is 0 Å². The summed E-state index contributed by atoms with van der Waals surface area (Å²) < 4.78 is 0. The van der Waals surface area contributed by atoms with Gasteiger partial charge in [-0.3, -0.25) is 4.79 Å². The monoisotopic (exact) mass is 152 g/mol. The van der Waals surface area contributed by atoms with E-state index >= 15 is 0 Å². The normalized spacial score (nSPS) is 25.1. The molecule has 0 saturated heterocycles. The molecule has 0 radical (unpaired) electrons. The second-order valence-electron chi connectivity index (χ2n) is 3.37. The Kier molecular flexibility index (Phi) is 2.86. The quantitative estimate of drug-likeness (QED) is 0.556.